The monoisotopic (exact) mass is 545 g/mol. The van der Waals surface area contributed by atoms with Crippen LogP contribution in [0.2, 0.25) is 0 Å². The number of carbonyl (C=O) groups is 4. The SMILES string of the molecule is C=CCn1nnnc1SCC1=C(C(=O)O)N2C(=O)C(NC(=O)C(=NO)c3cccc(NC=O)n3)[C@@H]2SC1. The van der Waals surface area contributed by atoms with Gasteiger partial charge in [-0.3, -0.25) is 19.3 Å². The molecule has 1 unspecified atom stereocenters. The maximum atomic E-state index is 12.9. The molecule has 0 bridgehead atoms. The van der Waals surface area contributed by atoms with Crippen molar-refractivity contribution in [2.45, 2.75) is 23.1 Å². The van der Waals surface area contributed by atoms with E-state index in [4.69, 9.17) is 0 Å². The minimum Gasteiger partial charge on any atom is -0.477 e. The number of thioether (sulfide) groups is 2. The summed E-state index contributed by atoms with van der Waals surface area (Å²) in [5, 5.41) is 38.2. The lowest BCUT2D eigenvalue weighted by Crippen LogP contribution is -2.71. The number of rotatable bonds is 11. The number of hydrogen-bond donors (Lipinski definition) is 4. The summed E-state index contributed by atoms with van der Waals surface area (Å²) >= 11 is 2.52. The summed E-state index contributed by atoms with van der Waals surface area (Å²) in [5.74, 6) is -2.14. The van der Waals surface area contributed by atoms with Crippen molar-refractivity contribution in [3.8, 4) is 0 Å². The van der Waals surface area contributed by atoms with Crippen LogP contribution in [0.5, 0.6) is 0 Å². The summed E-state index contributed by atoms with van der Waals surface area (Å²) in [6.45, 7) is 4.02. The van der Waals surface area contributed by atoms with Gasteiger partial charge in [0.05, 0.1) is 6.54 Å². The van der Waals surface area contributed by atoms with Crippen LogP contribution in [-0.4, -0.2) is 93.2 Å². The molecule has 192 valence electrons. The third-order valence-electron chi connectivity index (χ3n) is 5.23. The average Bonchev–Trinajstić information content (AvgIpc) is 3.33. The van der Waals surface area contributed by atoms with E-state index in [1.54, 1.807) is 6.08 Å². The number of allylic oxidation sites excluding steroid dienone is 1. The fourth-order valence-corrected chi connectivity index (χ4v) is 5.98. The van der Waals surface area contributed by atoms with Crippen LogP contribution in [0.4, 0.5) is 5.82 Å². The smallest absolute Gasteiger partial charge is 0.352 e. The number of tetrazole rings is 1. The molecule has 37 heavy (non-hydrogen) atoms. The molecule has 0 spiro atoms. The van der Waals surface area contributed by atoms with E-state index in [0.29, 0.717) is 29.4 Å². The average molecular weight is 546 g/mol. The first-order valence-electron chi connectivity index (χ1n) is 10.5. The van der Waals surface area contributed by atoms with Gasteiger partial charge in [0.1, 0.15) is 28.6 Å². The van der Waals surface area contributed by atoms with Crippen molar-refractivity contribution in [2.24, 2.45) is 5.16 Å². The van der Waals surface area contributed by atoms with Crippen molar-refractivity contribution in [3.05, 3.63) is 47.8 Å². The molecule has 3 amide bonds. The molecule has 0 aliphatic carbocycles. The number of hydrogen-bond acceptors (Lipinski definition) is 12. The molecule has 4 N–H and O–H groups in total. The van der Waals surface area contributed by atoms with Crippen LogP contribution < -0.4 is 10.6 Å². The number of carboxylic acid groups (broad SMARTS) is 1. The van der Waals surface area contributed by atoms with Crippen LogP contribution in [0.25, 0.3) is 0 Å². The summed E-state index contributed by atoms with van der Waals surface area (Å²) < 4.78 is 1.51. The predicted molar refractivity (Wildman–Crippen MR) is 131 cm³/mol. The molecule has 1 fully saturated rings. The van der Waals surface area contributed by atoms with Crippen LogP contribution in [-0.2, 0) is 25.7 Å². The topological polar surface area (TPSA) is 205 Å². The Kier molecular flexibility index (Phi) is 7.83. The first-order chi connectivity index (χ1) is 17.9. The van der Waals surface area contributed by atoms with E-state index in [1.807, 2.05) is 0 Å². The Hall–Kier alpha value is -4.25. The molecule has 0 aromatic carbocycles. The minimum absolute atomic E-state index is 0.0454. The molecule has 1 saturated heterocycles. The van der Waals surface area contributed by atoms with Crippen LogP contribution in [0.3, 0.4) is 0 Å². The zero-order valence-electron chi connectivity index (χ0n) is 18.8. The number of amides is 3. The van der Waals surface area contributed by atoms with Crippen molar-refractivity contribution in [1.82, 2.24) is 35.4 Å². The molecule has 0 saturated carbocycles. The maximum Gasteiger partial charge on any atom is 0.352 e. The maximum absolute atomic E-state index is 12.9. The highest BCUT2D eigenvalue weighted by Gasteiger charge is 2.54. The van der Waals surface area contributed by atoms with E-state index < -0.39 is 34.9 Å². The highest BCUT2D eigenvalue weighted by Crippen LogP contribution is 2.41. The summed E-state index contributed by atoms with van der Waals surface area (Å²) in [6.07, 6.45) is 2.02. The Morgan fingerprint density at radius 3 is 2.89 bits per heavy atom. The van der Waals surface area contributed by atoms with Gasteiger partial charge in [-0.05, 0) is 28.1 Å². The fraction of sp³-hybridized carbons (Fsp3) is 0.250. The van der Waals surface area contributed by atoms with Gasteiger partial charge in [-0.2, -0.15) is 0 Å². The number of fused-ring (bicyclic) bond motifs is 1. The molecule has 15 nitrogen and oxygen atoms in total. The lowest BCUT2D eigenvalue weighted by molar-refractivity contribution is -0.150. The second-order valence-corrected chi connectivity index (χ2v) is 9.51. The summed E-state index contributed by atoms with van der Waals surface area (Å²) in [7, 11) is 0. The lowest BCUT2D eigenvalue weighted by Gasteiger charge is -2.49. The van der Waals surface area contributed by atoms with E-state index in [1.165, 1.54) is 46.4 Å². The molecule has 17 heteroatoms. The van der Waals surface area contributed by atoms with Gasteiger partial charge < -0.3 is 20.9 Å². The number of nitrogens with zero attached hydrogens (tertiary/aromatic N) is 7. The van der Waals surface area contributed by atoms with Crippen LogP contribution in [0, 0.1) is 0 Å². The van der Waals surface area contributed by atoms with E-state index in [9.17, 15) is 29.5 Å². The van der Waals surface area contributed by atoms with Crippen molar-refractivity contribution in [2.75, 3.05) is 16.8 Å². The fourth-order valence-electron chi connectivity index (χ4n) is 3.61. The molecular formula is C20H19N9O6S2. The molecule has 0 radical (unpaired) electrons. The highest BCUT2D eigenvalue weighted by atomic mass is 32.2. The summed E-state index contributed by atoms with van der Waals surface area (Å²) in [5.41, 5.74) is -0.174. The lowest BCUT2D eigenvalue weighted by atomic mass is 10.0. The largest absolute Gasteiger partial charge is 0.477 e. The number of nitrogens with one attached hydrogen (secondary N) is 2. The van der Waals surface area contributed by atoms with Crippen LogP contribution >= 0.6 is 23.5 Å². The molecular weight excluding hydrogens is 526 g/mol. The van der Waals surface area contributed by atoms with Gasteiger partial charge in [0, 0.05) is 11.5 Å². The Bertz CT molecular complexity index is 1330. The zero-order valence-corrected chi connectivity index (χ0v) is 20.5. The molecule has 2 aliphatic heterocycles. The number of anilines is 1. The van der Waals surface area contributed by atoms with Gasteiger partial charge in [0.2, 0.25) is 11.6 Å². The number of β-lactam (4-membered cyclic amide) rings is 1. The third kappa shape index (κ3) is 5.17. The molecule has 2 aromatic heterocycles. The number of oxime groups is 1. The number of aliphatic carboxylic acids is 1. The Morgan fingerprint density at radius 1 is 1.38 bits per heavy atom. The molecule has 4 rings (SSSR count). The van der Waals surface area contributed by atoms with Gasteiger partial charge in [-0.15, -0.1) is 23.4 Å². The predicted octanol–water partition coefficient (Wildman–Crippen LogP) is -0.468. The van der Waals surface area contributed by atoms with Crippen LogP contribution in [0.15, 0.2) is 52.4 Å². The zero-order chi connectivity index (χ0) is 26.5. The summed E-state index contributed by atoms with van der Waals surface area (Å²) in [6, 6.07) is 3.29. The highest BCUT2D eigenvalue weighted by molar-refractivity contribution is 8.01. The first-order valence-corrected chi connectivity index (χ1v) is 12.5. The van der Waals surface area contributed by atoms with Crippen molar-refractivity contribution in [1.29, 1.82) is 0 Å². The van der Waals surface area contributed by atoms with Crippen molar-refractivity contribution < 1.29 is 29.5 Å². The third-order valence-corrected chi connectivity index (χ3v) is 7.61. The second kappa shape index (κ2) is 11.2. The van der Waals surface area contributed by atoms with E-state index in [0.717, 1.165) is 4.90 Å². The molecule has 2 aliphatic rings. The van der Waals surface area contributed by atoms with Crippen LogP contribution in [0.1, 0.15) is 5.69 Å². The molecule has 2 atom stereocenters. The summed E-state index contributed by atoms with van der Waals surface area (Å²) in [4.78, 5) is 53.6. The van der Waals surface area contributed by atoms with E-state index in [-0.39, 0.29) is 23.0 Å². The second-order valence-electron chi connectivity index (χ2n) is 7.46. The Balaban J connectivity index is 1.47. The standard InChI is InChI=1S/C20H19N9O6S2/c1-2-6-28-20(24-26-27-28)37-8-10-7-36-18-14(17(32)29(18)15(10)19(33)34)23-16(31)13(25-35)11-4-3-5-12(22-11)21-9-30/h2-5,9,14,18,35H,1,6-8H2,(H,23,31)(H,33,34)(H,21,22,30)/t14?,18-/m0/s1. The molecule has 4 heterocycles. The number of carbonyl (C=O) groups excluding carboxylic acids is 3. The van der Waals surface area contributed by atoms with E-state index >= 15 is 0 Å². The number of aromatic nitrogens is 5. The van der Waals surface area contributed by atoms with Gasteiger partial charge in [-0.1, -0.05) is 29.1 Å². The van der Waals surface area contributed by atoms with E-state index in [2.05, 4.69) is 42.9 Å². The Labute approximate surface area is 217 Å². The number of carboxylic acids is 1. The molecule has 2 aromatic rings. The van der Waals surface area contributed by atoms with Gasteiger partial charge in [0.25, 0.3) is 11.8 Å². The van der Waals surface area contributed by atoms with Gasteiger partial charge in [-0.25, -0.2) is 14.5 Å². The Morgan fingerprint density at radius 2 is 2.19 bits per heavy atom. The first kappa shape index (κ1) is 25.8. The minimum atomic E-state index is -1.27. The van der Waals surface area contributed by atoms with Gasteiger partial charge in [0.15, 0.2) is 5.71 Å². The van der Waals surface area contributed by atoms with Crippen molar-refractivity contribution in [3.63, 3.8) is 0 Å². The van der Waals surface area contributed by atoms with Gasteiger partial charge >= 0.3 is 5.97 Å². The number of pyridine rings is 1. The van der Waals surface area contributed by atoms with Crippen molar-refractivity contribution >= 4 is 59.2 Å². The normalized spacial score (nSPS) is 19.1. The quantitative estimate of drug-likeness (QED) is 0.0538.